The van der Waals surface area contributed by atoms with Crippen LogP contribution in [0.4, 0.5) is 0 Å². The summed E-state index contributed by atoms with van der Waals surface area (Å²) in [5, 5.41) is 34.2. The lowest BCUT2D eigenvalue weighted by molar-refractivity contribution is -0.135. The Kier molecular flexibility index (Phi) is 6.96. The first-order valence-electron chi connectivity index (χ1n) is 8.84. The highest BCUT2D eigenvalue weighted by Crippen LogP contribution is 2.30. The molecule has 0 radical (unpaired) electrons. The van der Waals surface area contributed by atoms with E-state index in [0.717, 1.165) is 6.42 Å². The summed E-state index contributed by atoms with van der Waals surface area (Å²) in [5.41, 5.74) is -2.40. The van der Waals surface area contributed by atoms with Crippen molar-refractivity contribution in [3.63, 3.8) is 0 Å². The number of carboxylic acid groups (broad SMARTS) is 1. The van der Waals surface area contributed by atoms with Crippen molar-refractivity contribution in [2.75, 3.05) is 13.1 Å². The molecule has 0 saturated carbocycles. The molecule has 0 aliphatic heterocycles. The van der Waals surface area contributed by atoms with E-state index in [1.807, 2.05) is 12.2 Å². The van der Waals surface area contributed by atoms with Crippen molar-refractivity contribution < 1.29 is 29.7 Å². The van der Waals surface area contributed by atoms with E-state index in [4.69, 9.17) is 5.11 Å². The molecule has 0 unspecified atom stereocenters. The molecule has 2 aromatic rings. The van der Waals surface area contributed by atoms with E-state index >= 15 is 0 Å². The highest BCUT2D eigenvalue weighted by molar-refractivity contribution is 6.05. The third kappa shape index (κ3) is 4.72. The number of amides is 2. The largest absolute Gasteiger partial charge is 0.506 e. The molecule has 0 bridgehead atoms. The molecule has 29 heavy (non-hydrogen) atoms. The van der Waals surface area contributed by atoms with Crippen molar-refractivity contribution in [3.05, 3.63) is 51.8 Å². The number of unbranched alkanes of at least 4 members (excludes halogenated alkanes) is 1. The number of carboxylic acids is 1. The molecule has 154 valence electrons. The number of benzene rings is 1. The molecule has 1 heterocycles. The van der Waals surface area contributed by atoms with Crippen LogP contribution in [0, 0.1) is 0 Å². The second-order valence-electron chi connectivity index (χ2n) is 6.08. The van der Waals surface area contributed by atoms with Gasteiger partial charge in [0, 0.05) is 6.54 Å². The second-order valence-corrected chi connectivity index (χ2v) is 6.08. The summed E-state index contributed by atoms with van der Waals surface area (Å²) in [4.78, 5) is 48.5. The summed E-state index contributed by atoms with van der Waals surface area (Å²) in [5.74, 6) is -5.39. The topological polar surface area (TPSA) is 158 Å². The maximum Gasteiger partial charge on any atom is 0.322 e. The van der Waals surface area contributed by atoms with Gasteiger partial charge in [0.2, 0.25) is 5.88 Å². The zero-order chi connectivity index (χ0) is 21.6. The Hall–Kier alpha value is -3.82. The smallest absolute Gasteiger partial charge is 0.322 e. The number of aromatic nitrogens is 1. The van der Waals surface area contributed by atoms with Gasteiger partial charge in [-0.1, -0.05) is 31.5 Å². The van der Waals surface area contributed by atoms with Crippen LogP contribution < -0.4 is 16.2 Å². The van der Waals surface area contributed by atoms with E-state index in [-0.39, 0.29) is 12.2 Å². The van der Waals surface area contributed by atoms with Crippen LogP contribution in [0.15, 0.2) is 35.1 Å². The van der Waals surface area contributed by atoms with E-state index in [9.17, 15) is 29.4 Å². The van der Waals surface area contributed by atoms with Gasteiger partial charge in [0.25, 0.3) is 17.4 Å². The third-order valence-electron chi connectivity index (χ3n) is 4.01. The molecule has 0 atom stereocenters. The van der Waals surface area contributed by atoms with Gasteiger partial charge >= 0.3 is 5.97 Å². The Labute approximate surface area is 165 Å². The van der Waals surface area contributed by atoms with Crippen LogP contribution in [0.3, 0.4) is 0 Å². The molecular formula is C19H21N3O7. The number of carbonyl (C=O) groups is 3. The monoisotopic (exact) mass is 403 g/mol. The first kappa shape index (κ1) is 21.5. The minimum atomic E-state index is -1.36. The molecule has 10 heteroatoms. The predicted octanol–water partition coefficient (Wildman–Crippen LogP) is 0.593. The molecule has 5 N–H and O–H groups in total. The number of nitrogens with zero attached hydrogens (tertiary/aromatic N) is 1. The van der Waals surface area contributed by atoms with Crippen LogP contribution in [0.2, 0.25) is 0 Å². The molecular weight excluding hydrogens is 382 g/mol. The van der Waals surface area contributed by atoms with Gasteiger partial charge in [-0.25, -0.2) is 4.57 Å². The fourth-order valence-corrected chi connectivity index (χ4v) is 2.59. The molecule has 1 aromatic carbocycles. The Morgan fingerprint density at radius 3 is 2.21 bits per heavy atom. The van der Waals surface area contributed by atoms with Gasteiger partial charge in [0.1, 0.15) is 17.7 Å². The Morgan fingerprint density at radius 2 is 1.62 bits per heavy atom. The number of pyridine rings is 1. The van der Waals surface area contributed by atoms with Gasteiger partial charge in [-0.05, 0) is 18.6 Å². The molecule has 2 rings (SSSR count). The third-order valence-corrected chi connectivity index (χ3v) is 4.01. The maximum atomic E-state index is 12.9. The highest BCUT2D eigenvalue weighted by Gasteiger charge is 2.30. The predicted molar refractivity (Wildman–Crippen MR) is 103 cm³/mol. The number of hydrogen-bond donors (Lipinski definition) is 5. The summed E-state index contributed by atoms with van der Waals surface area (Å²) < 4.78 is 0.699. The van der Waals surface area contributed by atoms with Crippen molar-refractivity contribution in [3.8, 4) is 17.3 Å². The van der Waals surface area contributed by atoms with E-state index in [2.05, 4.69) is 5.32 Å². The van der Waals surface area contributed by atoms with Crippen LogP contribution in [0.25, 0.3) is 5.69 Å². The normalized spacial score (nSPS) is 10.4. The Morgan fingerprint density at radius 1 is 1.00 bits per heavy atom. The van der Waals surface area contributed by atoms with Crippen molar-refractivity contribution >= 4 is 17.8 Å². The van der Waals surface area contributed by atoms with E-state index < -0.39 is 52.6 Å². The van der Waals surface area contributed by atoms with Crippen LogP contribution >= 0.6 is 0 Å². The van der Waals surface area contributed by atoms with Gasteiger partial charge in [0.05, 0.1) is 5.69 Å². The zero-order valence-electron chi connectivity index (χ0n) is 15.6. The van der Waals surface area contributed by atoms with Gasteiger partial charge in [-0.3, -0.25) is 19.2 Å². The van der Waals surface area contributed by atoms with Gasteiger partial charge in [-0.2, -0.15) is 0 Å². The molecule has 0 aliphatic carbocycles. The lowest BCUT2D eigenvalue weighted by Gasteiger charge is -2.16. The fraction of sp³-hybridized carbons (Fsp3) is 0.263. The lowest BCUT2D eigenvalue weighted by Crippen LogP contribution is -2.36. The van der Waals surface area contributed by atoms with E-state index in [1.54, 1.807) is 18.2 Å². The summed E-state index contributed by atoms with van der Waals surface area (Å²) in [6.07, 6.45) is 1.41. The Balaban J connectivity index is 2.68. The van der Waals surface area contributed by atoms with Crippen LogP contribution in [0.5, 0.6) is 11.6 Å². The first-order chi connectivity index (χ1) is 13.8. The second kappa shape index (κ2) is 9.40. The average Bonchev–Trinajstić information content (AvgIpc) is 2.67. The van der Waals surface area contributed by atoms with Gasteiger partial charge in [-0.15, -0.1) is 0 Å². The summed E-state index contributed by atoms with van der Waals surface area (Å²) >= 11 is 0. The fourth-order valence-electron chi connectivity index (χ4n) is 2.59. The summed E-state index contributed by atoms with van der Waals surface area (Å²) in [7, 11) is 0. The maximum absolute atomic E-state index is 12.9. The number of rotatable bonds is 8. The number of nitrogens with one attached hydrogen (secondary N) is 2. The number of aliphatic carboxylic acids is 1. The Bertz CT molecular complexity index is 984. The SMILES string of the molecule is CCCCNC(=O)c1c(O)c(C(=O)NCC(=O)O)c(O)n(-c2ccccc2)c1=O. The van der Waals surface area contributed by atoms with Crippen molar-refractivity contribution in [1.29, 1.82) is 0 Å². The number of para-hydroxylation sites is 1. The van der Waals surface area contributed by atoms with Crippen molar-refractivity contribution in [2.45, 2.75) is 19.8 Å². The van der Waals surface area contributed by atoms with Crippen LogP contribution in [0.1, 0.15) is 40.5 Å². The number of aromatic hydroxyl groups is 2. The number of hydrogen-bond acceptors (Lipinski definition) is 6. The molecule has 0 fully saturated rings. The van der Waals surface area contributed by atoms with Gasteiger partial charge < -0.3 is 26.0 Å². The molecule has 2 amide bonds. The zero-order valence-corrected chi connectivity index (χ0v) is 15.6. The van der Waals surface area contributed by atoms with Crippen LogP contribution in [-0.2, 0) is 4.79 Å². The van der Waals surface area contributed by atoms with Crippen molar-refractivity contribution in [1.82, 2.24) is 15.2 Å². The standard InChI is InChI=1S/C19H21N3O7/c1-2-3-9-20-16(26)13-15(25)14(17(27)21-10-12(23)24)19(29)22(18(13)28)11-7-5-4-6-8-11/h4-8,25,29H,2-3,9-10H2,1H3,(H,20,26)(H,21,27)(H,23,24). The van der Waals surface area contributed by atoms with Crippen molar-refractivity contribution in [2.24, 2.45) is 0 Å². The molecule has 0 aliphatic rings. The molecule has 1 aromatic heterocycles. The summed E-state index contributed by atoms with van der Waals surface area (Å²) in [6, 6.07) is 7.70. The molecule has 0 spiro atoms. The first-order valence-corrected chi connectivity index (χ1v) is 8.84. The average molecular weight is 403 g/mol. The molecule has 0 saturated heterocycles. The highest BCUT2D eigenvalue weighted by atomic mass is 16.4. The minimum Gasteiger partial charge on any atom is -0.506 e. The van der Waals surface area contributed by atoms with Gasteiger partial charge in [0.15, 0.2) is 5.75 Å². The summed E-state index contributed by atoms with van der Waals surface area (Å²) in [6.45, 7) is 1.35. The number of carbonyl (C=O) groups excluding carboxylic acids is 2. The van der Waals surface area contributed by atoms with Crippen LogP contribution in [-0.4, -0.2) is 50.8 Å². The minimum absolute atomic E-state index is 0.143. The van der Waals surface area contributed by atoms with E-state index in [1.165, 1.54) is 12.1 Å². The van der Waals surface area contributed by atoms with E-state index in [0.29, 0.717) is 11.0 Å². The quantitative estimate of drug-likeness (QED) is 0.404. The lowest BCUT2D eigenvalue weighted by atomic mass is 10.1. The molecule has 10 nitrogen and oxygen atoms in total.